The van der Waals surface area contributed by atoms with Gasteiger partial charge in [-0.15, -0.1) is 0 Å². The van der Waals surface area contributed by atoms with Crippen LogP contribution >= 0.6 is 0 Å². The highest BCUT2D eigenvalue weighted by atomic mass is 16.5. The molecule has 0 aromatic heterocycles. The average Bonchev–Trinajstić information content (AvgIpc) is 2.43. The Morgan fingerprint density at radius 3 is 2.80 bits per heavy atom. The van der Waals surface area contributed by atoms with E-state index in [1.807, 2.05) is 13.8 Å². The molecule has 1 aliphatic carbocycles. The zero-order chi connectivity index (χ0) is 11.2. The summed E-state index contributed by atoms with van der Waals surface area (Å²) < 4.78 is 5.91. The first-order valence-corrected chi connectivity index (χ1v) is 5.52. The highest BCUT2D eigenvalue weighted by Gasteiger charge is 2.42. The summed E-state index contributed by atoms with van der Waals surface area (Å²) in [4.78, 5) is 11.8. The van der Waals surface area contributed by atoms with Crippen molar-refractivity contribution in [1.82, 2.24) is 0 Å². The number of ketones is 1. The van der Waals surface area contributed by atoms with Crippen LogP contribution in [0, 0.1) is 5.92 Å². The lowest BCUT2D eigenvalue weighted by Gasteiger charge is -2.26. The lowest BCUT2D eigenvalue weighted by Crippen LogP contribution is -2.25. The lowest BCUT2D eigenvalue weighted by molar-refractivity contribution is -0.117. The van der Waals surface area contributed by atoms with Crippen LogP contribution < -0.4 is 0 Å². The molecule has 0 bridgehead atoms. The number of Topliss-reactive ketones (excluding diaryl/α,β-unsaturated/α-hetero) is 1. The number of hydrogen-bond donors (Lipinski definition) is 0. The molecule has 0 saturated carbocycles. The molecule has 2 heteroatoms. The fraction of sp³-hybridized carbons (Fsp3) is 0.615. The maximum Gasteiger partial charge on any atom is 0.162 e. The van der Waals surface area contributed by atoms with Crippen molar-refractivity contribution in [3.63, 3.8) is 0 Å². The van der Waals surface area contributed by atoms with Gasteiger partial charge in [-0.2, -0.15) is 0 Å². The highest BCUT2D eigenvalue weighted by molar-refractivity contribution is 5.97. The molecule has 0 saturated heterocycles. The van der Waals surface area contributed by atoms with E-state index >= 15 is 0 Å². The molecule has 15 heavy (non-hydrogen) atoms. The minimum atomic E-state index is -0.343. The Balaban J connectivity index is 2.27. The number of hydrogen-bond acceptors (Lipinski definition) is 2. The molecular weight excluding hydrogens is 188 g/mol. The number of carbonyl (C=O) groups excluding carboxylic acids is 1. The van der Waals surface area contributed by atoms with Gasteiger partial charge in [0.25, 0.3) is 0 Å². The molecule has 2 aliphatic rings. The van der Waals surface area contributed by atoms with Crippen molar-refractivity contribution in [2.75, 3.05) is 0 Å². The van der Waals surface area contributed by atoms with Gasteiger partial charge in [0, 0.05) is 24.8 Å². The van der Waals surface area contributed by atoms with E-state index in [4.69, 9.17) is 4.74 Å². The molecule has 0 aromatic rings. The SMILES string of the molecule is C=C(C)C1(C)CC2=C(CC(C)CC2=O)O1. The van der Waals surface area contributed by atoms with E-state index in [1.165, 1.54) is 0 Å². The van der Waals surface area contributed by atoms with Crippen molar-refractivity contribution in [1.29, 1.82) is 0 Å². The summed E-state index contributed by atoms with van der Waals surface area (Å²) in [5.41, 5.74) is 1.57. The van der Waals surface area contributed by atoms with Gasteiger partial charge >= 0.3 is 0 Å². The molecule has 0 amide bonds. The van der Waals surface area contributed by atoms with E-state index in [1.54, 1.807) is 0 Å². The number of carbonyl (C=O) groups is 1. The summed E-state index contributed by atoms with van der Waals surface area (Å²) in [6, 6.07) is 0. The molecular formula is C13H18O2. The van der Waals surface area contributed by atoms with Crippen LogP contribution in [0.15, 0.2) is 23.5 Å². The molecule has 2 rings (SSSR count). The van der Waals surface area contributed by atoms with Gasteiger partial charge < -0.3 is 4.74 Å². The van der Waals surface area contributed by atoms with E-state index in [0.29, 0.717) is 18.8 Å². The zero-order valence-electron chi connectivity index (χ0n) is 9.72. The summed E-state index contributed by atoms with van der Waals surface area (Å²) in [5.74, 6) is 1.61. The van der Waals surface area contributed by atoms with Crippen LogP contribution in [0.3, 0.4) is 0 Å². The van der Waals surface area contributed by atoms with Crippen LogP contribution in [0.2, 0.25) is 0 Å². The summed E-state index contributed by atoms with van der Waals surface area (Å²) in [7, 11) is 0. The second-order valence-corrected chi connectivity index (χ2v) is 5.13. The van der Waals surface area contributed by atoms with Gasteiger partial charge in [-0.25, -0.2) is 0 Å². The first-order chi connectivity index (χ1) is 6.92. The minimum absolute atomic E-state index is 0.272. The van der Waals surface area contributed by atoms with Gasteiger partial charge in [-0.3, -0.25) is 4.79 Å². The number of ether oxygens (including phenoxy) is 1. The Bertz CT molecular complexity index is 365. The van der Waals surface area contributed by atoms with E-state index in [2.05, 4.69) is 13.5 Å². The Morgan fingerprint density at radius 2 is 2.20 bits per heavy atom. The van der Waals surface area contributed by atoms with Gasteiger partial charge in [0.2, 0.25) is 0 Å². The fourth-order valence-corrected chi connectivity index (χ4v) is 2.29. The lowest BCUT2D eigenvalue weighted by atomic mass is 9.84. The van der Waals surface area contributed by atoms with Crippen LogP contribution in [0.1, 0.15) is 40.0 Å². The Hall–Kier alpha value is -1.05. The standard InChI is InChI=1S/C13H18O2/c1-8(2)13(4)7-10-11(14)5-9(3)6-12(10)15-13/h9H,1,5-7H2,2-4H3. The Kier molecular flexibility index (Phi) is 2.25. The average molecular weight is 206 g/mol. The summed E-state index contributed by atoms with van der Waals surface area (Å²) in [6.45, 7) is 10.0. The van der Waals surface area contributed by atoms with Crippen LogP contribution in [-0.4, -0.2) is 11.4 Å². The fourth-order valence-electron chi connectivity index (χ4n) is 2.29. The second-order valence-electron chi connectivity index (χ2n) is 5.13. The largest absolute Gasteiger partial charge is 0.487 e. The molecule has 0 spiro atoms. The quantitative estimate of drug-likeness (QED) is 0.616. The van der Waals surface area contributed by atoms with E-state index < -0.39 is 0 Å². The molecule has 1 heterocycles. The zero-order valence-corrected chi connectivity index (χ0v) is 9.72. The predicted molar refractivity (Wildman–Crippen MR) is 59.4 cm³/mol. The predicted octanol–water partition coefficient (Wildman–Crippen LogP) is 2.99. The van der Waals surface area contributed by atoms with Crippen LogP contribution in [-0.2, 0) is 9.53 Å². The molecule has 2 atom stereocenters. The normalized spacial score (nSPS) is 35.1. The van der Waals surface area contributed by atoms with Crippen LogP contribution in [0.4, 0.5) is 0 Å². The molecule has 0 N–H and O–H groups in total. The number of allylic oxidation sites excluding steroid dienone is 1. The third-order valence-electron chi connectivity index (χ3n) is 3.51. The molecule has 0 fully saturated rings. The van der Waals surface area contributed by atoms with Crippen molar-refractivity contribution < 1.29 is 9.53 Å². The second kappa shape index (κ2) is 3.22. The van der Waals surface area contributed by atoms with Crippen molar-refractivity contribution in [3.8, 4) is 0 Å². The van der Waals surface area contributed by atoms with Crippen molar-refractivity contribution in [2.24, 2.45) is 5.92 Å². The van der Waals surface area contributed by atoms with Gasteiger partial charge in [0.1, 0.15) is 11.4 Å². The molecule has 1 aliphatic heterocycles. The van der Waals surface area contributed by atoms with E-state index in [9.17, 15) is 4.79 Å². The maximum absolute atomic E-state index is 11.8. The van der Waals surface area contributed by atoms with Gasteiger partial charge in [0.15, 0.2) is 5.78 Å². The topological polar surface area (TPSA) is 26.3 Å². The Morgan fingerprint density at radius 1 is 1.53 bits per heavy atom. The Labute approximate surface area is 91.0 Å². The monoisotopic (exact) mass is 206 g/mol. The molecule has 2 nitrogen and oxygen atoms in total. The third-order valence-corrected chi connectivity index (χ3v) is 3.51. The third kappa shape index (κ3) is 1.62. The van der Waals surface area contributed by atoms with Gasteiger partial charge in [-0.05, 0) is 25.3 Å². The van der Waals surface area contributed by atoms with Crippen molar-refractivity contribution in [3.05, 3.63) is 23.5 Å². The van der Waals surface area contributed by atoms with E-state index in [0.717, 1.165) is 23.3 Å². The van der Waals surface area contributed by atoms with Gasteiger partial charge in [0.05, 0.1) is 0 Å². The smallest absolute Gasteiger partial charge is 0.162 e. The summed E-state index contributed by atoms with van der Waals surface area (Å²) in [6.07, 6.45) is 2.29. The molecule has 82 valence electrons. The van der Waals surface area contributed by atoms with Crippen LogP contribution in [0.25, 0.3) is 0 Å². The summed E-state index contributed by atoms with van der Waals surface area (Å²) in [5, 5.41) is 0. The van der Waals surface area contributed by atoms with Crippen molar-refractivity contribution in [2.45, 2.75) is 45.6 Å². The molecule has 0 radical (unpaired) electrons. The minimum Gasteiger partial charge on any atom is -0.487 e. The maximum atomic E-state index is 11.8. The molecule has 0 aromatic carbocycles. The van der Waals surface area contributed by atoms with Gasteiger partial charge in [-0.1, -0.05) is 13.5 Å². The molecule has 2 unspecified atom stereocenters. The number of rotatable bonds is 1. The van der Waals surface area contributed by atoms with E-state index in [-0.39, 0.29) is 11.4 Å². The summed E-state index contributed by atoms with van der Waals surface area (Å²) >= 11 is 0. The van der Waals surface area contributed by atoms with Crippen molar-refractivity contribution >= 4 is 5.78 Å². The van der Waals surface area contributed by atoms with Crippen LogP contribution in [0.5, 0.6) is 0 Å². The highest BCUT2D eigenvalue weighted by Crippen LogP contribution is 2.44. The first-order valence-electron chi connectivity index (χ1n) is 5.52. The first kappa shape index (κ1) is 10.5.